The zero-order valence-corrected chi connectivity index (χ0v) is 13.8. The van der Waals surface area contributed by atoms with E-state index in [2.05, 4.69) is 0 Å². The van der Waals surface area contributed by atoms with Gasteiger partial charge in [-0.15, -0.1) is 0 Å². The summed E-state index contributed by atoms with van der Waals surface area (Å²) in [5.41, 5.74) is 2.50. The highest BCUT2D eigenvalue weighted by Crippen LogP contribution is 2.26. The number of hydrogen-bond donors (Lipinski definition) is 1. The van der Waals surface area contributed by atoms with Gasteiger partial charge in [0.05, 0.1) is 21.2 Å². The number of halogens is 1. The summed E-state index contributed by atoms with van der Waals surface area (Å²) in [7, 11) is 4.99. The molecule has 0 spiro atoms. The molecule has 0 unspecified atom stereocenters. The number of methoxy groups -OCH3 is 1. The molecule has 22 heavy (non-hydrogen) atoms. The van der Waals surface area contributed by atoms with Crippen LogP contribution in [-0.2, 0) is 14.1 Å². The SMILES string of the molecule is COc1cc(C=Cc2cc(C)n(C)c(=O)[n+]2C)ccc1O.[Cl-]. The minimum absolute atomic E-state index is 0. The Morgan fingerprint density at radius 3 is 2.59 bits per heavy atom. The third-order valence-corrected chi connectivity index (χ3v) is 3.50. The van der Waals surface area contributed by atoms with Gasteiger partial charge < -0.3 is 22.3 Å². The van der Waals surface area contributed by atoms with Gasteiger partial charge in [0.1, 0.15) is 11.4 Å². The first kappa shape index (κ1) is 17.8. The predicted octanol–water partition coefficient (Wildman–Crippen LogP) is -1.59. The second kappa shape index (κ2) is 7.13. The van der Waals surface area contributed by atoms with Crippen molar-refractivity contribution < 1.29 is 26.8 Å². The Kier molecular flexibility index (Phi) is 5.77. The first-order chi connectivity index (χ1) is 9.93. The van der Waals surface area contributed by atoms with Gasteiger partial charge in [0, 0.05) is 6.07 Å². The molecule has 0 aliphatic rings. The van der Waals surface area contributed by atoms with E-state index in [4.69, 9.17) is 4.74 Å². The molecular weight excluding hydrogens is 304 g/mol. The van der Waals surface area contributed by atoms with Crippen LogP contribution in [0.2, 0.25) is 0 Å². The van der Waals surface area contributed by atoms with Crippen LogP contribution in [0.25, 0.3) is 12.2 Å². The average molecular weight is 323 g/mol. The standard InChI is InChI=1S/C16H18N2O3.ClH/c1-11-9-13(18(3)16(20)17(11)2)7-5-12-6-8-14(19)15(10-12)21-4;/h5-10H,1-4H3;1H. The minimum Gasteiger partial charge on any atom is -1.00 e. The van der Waals surface area contributed by atoms with Crippen molar-refractivity contribution in [2.75, 3.05) is 7.11 Å². The molecule has 1 aromatic carbocycles. The molecule has 0 radical (unpaired) electrons. The Morgan fingerprint density at radius 2 is 1.95 bits per heavy atom. The average Bonchev–Trinajstić information content (AvgIpc) is 2.48. The predicted molar refractivity (Wildman–Crippen MR) is 81.2 cm³/mol. The Labute approximate surface area is 135 Å². The molecule has 6 heteroatoms. The van der Waals surface area contributed by atoms with Crippen LogP contribution in [0.1, 0.15) is 17.0 Å². The maximum atomic E-state index is 12.0. The lowest BCUT2D eigenvalue weighted by Gasteiger charge is -2.04. The number of phenolic OH excluding ortho intramolecular Hbond substituents is 1. The Hall–Kier alpha value is -2.27. The van der Waals surface area contributed by atoms with E-state index in [9.17, 15) is 9.90 Å². The Balaban J connectivity index is 0.00000242. The highest BCUT2D eigenvalue weighted by Gasteiger charge is 2.11. The zero-order valence-electron chi connectivity index (χ0n) is 13.0. The number of rotatable bonds is 3. The minimum atomic E-state index is -0.0714. The molecule has 1 heterocycles. The number of aromatic hydroxyl groups is 1. The third kappa shape index (κ3) is 3.49. The van der Waals surface area contributed by atoms with Crippen molar-refractivity contribution in [1.82, 2.24) is 4.57 Å². The van der Waals surface area contributed by atoms with Crippen LogP contribution in [0.3, 0.4) is 0 Å². The number of hydrogen-bond acceptors (Lipinski definition) is 3. The molecule has 0 aliphatic heterocycles. The summed E-state index contributed by atoms with van der Waals surface area (Å²) in [5.74, 6) is 0.520. The summed E-state index contributed by atoms with van der Waals surface area (Å²) in [6, 6.07) is 7.03. The van der Waals surface area contributed by atoms with Crippen molar-refractivity contribution in [1.29, 1.82) is 0 Å². The lowest BCUT2D eigenvalue weighted by molar-refractivity contribution is -0.692. The fraction of sp³-hybridized carbons (Fsp3) is 0.250. The molecule has 0 saturated heterocycles. The van der Waals surface area contributed by atoms with Crippen LogP contribution in [0.4, 0.5) is 0 Å². The third-order valence-electron chi connectivity index (χ3n) is 3.50. The maximum Gasteiger partial charge on any atom is 0.498 e. The number of aryl methyl sites for hydroxylation is 1. The van der Waals surface area contributed by atoms with Crippen molar-refractivity contribution in [3.63, 3.8) is 0 Å². The summed E-state index contributed by atoms with van der Waals surface area (Å²) >= 11 is 0. The topological polar surface area (TPSA) is 55.3 Å². The number of benzene rings is 1. The van der Waals surface area contributed by atoms with Gasteiger partial charge in [-0.25, -0.2) is 0 Å². The second-order valence-electron chi connectivity index (χ2n) is 4.88. The van der Waals surface area contributed by atoms with Crippen molar-refractivity contribution in [3.05, 3.63) is 51.7 Å². The number of nitrogens with zero attached hydrogens (tertiary/aromatic N) is 2. The van der Waals surface area contributed by atoms with Crippen LogP contribution < -0.4 is 27.4 Å². The quantitative estimate of drug-likeness (QED) is 0.693. The smallest absolute Gasteiger partial charge is 0.498 e. The van der Waals surface area contributed by atoms with Gasteiger partial charge in [0.15, 0.2) is 11.5 Å². The van der Waals surface area contributed by atoms with Crippen molar-refractivity contribution >= 4 is 12.2 Å². The zero-order chi connectivity index (χ0) is 15.6. The molecule has 5 nitrogen and oxygen atoms in total. The second-order valence-corrected chi connectivity index (χ2v) is 4.88. The number of phenols is 1. The van der Waals surface area contributed by atoms with E-state index in [0.717, 1.165) is 17.0 Å². The maximum absolute atomic E-state index is 12.0. The van der Waals surface area contributed by atoms with Gasteiger partial charge >= 0.3 is 5.69 Å². The van der Waals surface area contributed by atoms with Crippen LogP contribution in [0.5, 0.6) is 11.5 Å². The molecule has 1 N–H and O–H groups in total. The van der Waals surface area contributed by atoms with Crippen LogP contribution in [0, 0.1) is 6.92 Å². The Bertz CT molecular complexity index is 767. The molecule has 2 rings (SSSR count). The first-order valence-corrected chi connectivity index (χ1v) is 6.56. The molecule has 0 bridgehead atoms. The summed E-state index contributed by atoms with van der Waals surface area (Å²) in [6.07, 6.45) is 3.73. The molecule has 2 aromatic rings. The van der Waals surface area contributed by atoms with Gasteiger partial charge in [-0.3, -0.25) is 0 Å². The van der Waals surface area contributed by atoms with Gasteiger partial charge in [0.25, 0.3) is 0 Å². The molecule has 0 aliphatic carbocycles. The number of aromatic nitrogens is 2. The monoisotopic (exact) mass is 322 g/mol. The van der Waals surface area contributed by atoms with Gasteiger partial charge in [-0.05, 0) is 30.7 Å². The van der Waals surface area contributed by atoms with Gasteiger partial charge in [-0.1, -0.05) is 12.1 Å². The van der Waals surface area contributed by atoms with Crippen LogP contribution >= 0.6 is 0 Å². The summed E-state index contributed by atoms with van der Waals surface area (Å²) < 4.78 is 8.26. The number of ether oxygens (including phenoxy) is 1. The molecular formula is C16H19ClN2O3. The highest BCUT2D eigenvalue weighted by molar-refractivity contribution is 5.68. The molecule has 0 atom stereocenters. The first-order valence-electron chi connectivity index (χ1n) is 6.56. The molecule has 1 aromatic heterocycles. The van der Waals surface area contributed by atoms with Crippen molar-refractivity contribution in [2.24, 2.45) is 14.1 Å². The summed E-state index contributed by atoms with van der Waals surface area (Å²) in [4.78, 5) is 12.0. The van der Waals surface area contributed by atoms with Crippen molar-refractivity contribution in [3.8, 4) is 11.5 Å². The largest absolute Gasteiger partial charge is 1.00 e. The molecule has 0 fully saturated rings. The lowest BCUT2D eigenvalue weighted by Crippen LogP contribution is -3.00. The van der Waals surface area contributed by atoms with Crippen LogP contribution in [0.15, 0.2) is 29.1 Å². The van der Waals surface area contributed by atoms with E-state index in [1.807, 2.05) is 25.1 Å². The van der Waals surface area contributed by atoms with Crippen molar-refractivity contribution in [2.45, 2.75) is 6.92 Å². The molecule has 0 amide bonds. The summed E-state index contributed by atoms with van der Waals surface area (Å²) in [6.45, 7) is 1.89. The molecule has 118 valence electrons. The van der Waals surface area contributed by atoms with E-state index >= 15 is 0 Å². The lowest BCUT2D eigenvalue weighted by atomic mass is 10.1. The fourth-order valence-electron chi connectivity index (χ4n) is 2.03. The van der Waals surface area contributed by atoms with E-state index in [0.29, 0.717) is 5.75 Å². The summed E-state index contributed by atoms with van der Waals surface area (Å²) in [5, 5.41) is 9.57. The van der Waals surface area contributed by atoms with Crippen LogP contribution in [-0.4, -0.2) is 16.8 Å². The van der Waals surface area contributed by atoms with E-state index in [-0.39, 0.29) is 23.8 Å². The fourth-order valence-corrected chi connectivity index (χ4v) is 2.03. The van der Waals surface area contributed by atoms with Gasteiger partial charge in [-0.2, -0.15) is 13.9 Å². The van der Waals surface area contributed by atoms with E-state index in [1.54, 1.807) is 41.4 Å². The highest BCUT2D eigenvalue weighted by atomic mass is 35.5. The van der Waals surface area contributed by atoms with Gasteiger partial charge in [0.2, 0.25) is 0 Å². The Morgan fingerprint density at radius 1 is 1.27 bits per heavy atom. The van der Waals surface area contributed by atoms with E-state index < -0.39 is 0 Å². The van der Waals surface area contributed by atoms with E-state index in [1.165, 1.54) is 7.11 Å². The normalized spacial score (nSPS) is 10.5. The molecule has 0 saturated carbocycles.